The van der Waals surface area contributed by atoms with Crippen molar-refractivity contribution >= 4 is 16.8 Å². The van der Waals surface area contributed by atoms with Crippen LogP contribution in [0, 0.1) is 11.8 Å². The number of carbonyl (C=O) groups excluding carboxylic acids is 1. The van der Waals surface area contributed by atoms with Crippen molar-refractivity contribution in [2.45, 2.75) is 18.9 Å². The second-order valence-electron chi connectivity index (χ2n) is 6.26. The molecule has 3 atom stereocenters. The number of likely N-dealkylation sites (tertiary alicyclic amines) is 1. The molecule has 1 aromatic heterocycles. The van der Waals surface area contributed by atoms with Gasteiger partial charge >= 0.3 is 0 Å². The number of fused-ring (bicyclic) bond motifs is 2. The molecule has 2 N–H and O–H groups in total. The lowest BCUT2D eigenvalue weighted by Crippen LogP contribution is -2.33. The molecule has 1 saturated carbocycles. The molecule has 2 fully saturated rings. The van der Waals surface area contributed by atoms with Crippen molar-refractivity contribution in [2.24, 2.45) is 17.6 Å². The van der Waals surface area contributed by atoms with Gasteiger partial charge in [0.25, 0.3) is 5.91 Å². The molecule has 4 heteroatoms. The molecule has 108 valence electrons. The summed E-state index contributed by atoms with van der Waals surface area (Å²) in [7, 11) is 0. The molecule has 4 nitrogen and oxygen atoms in total. The van der Waals surface area contributed by atoms with Crippen molar-refractivity contribution in [1.29, 1.82) is 0 Å². The molecule has 0 radical (unpaired) electrons. The molecule has 1 aliphatic carbocycles. The Morgan fingerprint density at radius 2 is 2.05 bits per heavy atom. The van der Waals surface area contributed by atoms with E-state index in [2.05, 4.69) is 4.98 Å². The van der Waals surface area contributed by atoms with Crippen LogP contribution in [-0.4, -0.2) is 34.9 Å². The molecule has 2 aliphatic rings. The predicted octanol–water partition coefficient (Wildman–Crippen LogP) is 2.04. The fraction of sp³-hybridized carbons (Fsp3) is 0.412. The zero-order valence-corrected chi connectivity index (χ0v) is 11.9. The summed E-state index contributed by atoms with van der Waals surface area (Å²) in [5.41, 5.74) is 7.67. The SMILES string of the molecule is NC1CCC2CN(C(=O)c3cccc4cccnc34)CC12. The summed E-state index contributed by atoms with van der Waals surface area (Å²) in [6.07, 6.45) is 4.00. The van der Waals surface area contributed by atoms with E-state index in [9.17, 15) is 4.79 Å². The zero-order chi connectivity index (χ0) is 14.4. The van der Waals surface area contributed by atoms with E-state index in [1.54, 1.807) is 6.20 Å². The minimum Gasteiger partial charge on any atom is -0.338 e. The standard InChI is InChI=1S/C17H19N3O/c18-15-7-6-12-9-20(10-14(12)15)17(21)13-5-1-3-11-4-2-8-19-16(11)13/h1-5,8,12,14-15H,6-7,9-10,18H2. The van der Waals surface area contributed by atoms with Gasteiger partial charge in [-0.2, -0.15) is 0 Å². The average Bonchev–Trinajstić information content (AvgIpc) is 3.08. The molecule has 2 aromatic rings. The number of nitrogens with two attached hydrogens (primary N) is 1. The number of amides is 1. The van der Waals surface area contributed by atoms with Crippen molar-refractivity contribution in [3.05, 3.63) is 42.1 Å². The Morgan fingerprint density at radius 3 is 2.90 bits per heavy atom. The third kappa shape index (κ3) is 2.02. The molecule has 3 unspecified atom stereocenters. The lowest BCUT2D eigenvalue weighted by Gasteiger charge is -2.19. The summed E-state index contributed by atoms with van der Waals surface area (Å²) in [6, 6.07) is 9.96. The Balaban J connectivity index is 1.66. The normalized spacial score (nSPS) is 28.0. The molecule has 0 bridgehead atoms. The number of rotatable bonds is 1. The highest BCUT2D eigenvalue weighted by atomic mass is 16.2. The van der Waals surface area contributed by atoms with Crippen LogP contribution in [-0.2, 0) is 0 Å². The van der Waals surface area contributed by atoms with Gasteiger partial charge in [0.05, 0.1) is 11.1 Å². The number of aromatic nitrogens is 1. The van der Waals surface area contributed by atoms with E-state index in [1.165, 1.54) is 0 Å². The molecule has 0 spiro atoms. The van der Waals surface area contributed by atoms with Crippen LogP contribution >= 0.6 is 0 Å². The largest absolute Gasteiger partial charge is 0.338 e. The van der Waals surface area contributed by atoms with Gasteiger partial charge in [-0.25, -0.2) is 0 Å². The highest BCUT2D eigenvalue weighted by molar-refractivity contribution is 6.05. The van der Waals surface area contributed by atoms with Crippen LogP contribution in [0.2, 0.25) is 0 Å². The second-order valence-corrected chi connectivity index (χ2v) is 6.26. The van der Waals surface area contributed by atoms with E-state index in [1.807, 2.05) is 35.2 Å². The van der Waals surface area contributed by atoms with Crippen LogP contribution in [0.3, 0.4) is 0 Å². The number of para-hydroxylation sites is 1. The first-order valence-corrected chi connectivity index (χ1v) is 7.62. The lowest BCUT2D eigenvalue weighted by molar-refractivity contribution is 0.0781. The maximum atomic E-state index is 12.8. The number of hydrogen-bond donors (Lipinski definition) is 1. The van der Waals surface area contributed by atoms with Gasteiger partial charge in [0.2, 0.25) is 0 Å². The topological polar surface area (TPSA) is 59.2 Å². The minimum atomic E-state index is 0.0981. The highest BCUT2D eigenvalue weighted by Gasteiger charge is 2.42. The Morgan fingerprint density at radius 1 is 1.19 bits per heavy atom. The van der Waals surface area contributed by atoms with Crippen molar-refractivity contribution < 1.29 is 4.79 Å². The maximum absolute atomic E-state index is 12.8. The number of pyridine rings is 1. The third-order valence-corrected chi connectivity index (χ3v) is 5.06. The van der Waals surface area contributed by atoms with E-state index in [4.69, 9.17) is 5.73 Å². The maximum Gasteiger partial charge on any atom is 0.256 e. The van der Waals surface area contributed by atoms with E-state index in [0.29, 0.717) is 17.4 Å². The van der Waals surface area contributed by atoms with Gasteiger partial charge in [-0.05, 0) is 36.8 Å². The summed E-state index contributed by atoms with van der Waals surface area (Å²) in [5.74, 6) is 1.17. The lowest BCUT2D eigenvalue weighted by atomic mass is 9.98. The van der Waals surface area contributed by atoms with E-state index < -0.39 is 0 Å². The molecular weight excluding hydrogens is 262 g/mol. The van der Waals surface area contributed by atoms with Crippen molar-refractivity contribution in [3.8, 4) is 0 Å². The summed E-state index contributed by atoms with van der Waals surface area (Å²) in [6.45, 7) is 1.65. The molecule has 1 amide bonds. The van der Waals surface area contributed by atoms with Crippen LogP contribution in [0.1, 0.15) is 23.2 Å². The Hall–Kier alpha value is -1.94. The summed E-state index contributed by atoms with van der Waals surface area (Å²) >= 11 is 0. The molecule has 2 heterocycles. The van der Waals surface area contributed by atoms with Crippen LogP contribution in [0.25, 0.3) is 10.9 Å². The van der Waals surface area contributed by atoms with Gasteiger partial charge in [0.1, 0.15) is 0 Å². The van der Waals surface area contributed by atoms with E-state index >= 15 is 0 Å². The van der Waals surface area contributed by atoms with Crippen molar-refractivity contribution in [3.63, 3.8) is 0 Å². The van der Waals surface area contributed by atoms with Gasteiger partial charge in [-0.1, -0.05) is 18.2 Å². The first-order valence-electron chi connectivity index (χ1n) is 7.62. The van der Waals surface area contributed by atoms with Crippen LogP contribution < -0.4 is 5.73 Å². The van der Waals surface area contributed by atoms with E-state index in [-0.39, 0.29) is 11.9 Å². The fourth-order valence-electron chi connectivity index (χ4n) is 3.92. The van der Waals surface area contributed by atoms with Crippen molar-refractivity contribution in [2.75, 3.05) is 13.1 Å². The average molecular weight is 281 g/mol. The fourth-order valence-corrected chi connectivity index (χ4v) is 3.92. The number of nitrogens with zero attached hydrogens (tertiary/aromatic N) is 2. The van der Waals surface area contributed by atoms with Crippen molar-refractivity contribution in [1.82, 2.24) is 9.88 Å². The molecule has 1 aliphatic heterocycles. The zero-order valence-electron chi connectivity index (χ0n) is 11.9. The molecule has 21 heavy (non-hydrogen) atoms. The predicted molar refractivity (Wildman–Crippen MR) is 81.8 cm³/mol. The molecule has 1 aromatic carbocycles. The monoisotopic (exact) mass is 281 g/mol. The Labute approximate surface area is 124 Å². The first-order chi connectivity index (χ1) is 10.2. The minimum absolute atomic E-state index is 0.0981. The van der Waals surface area contributed by atoms with Crippen LogP contribution in [0.15, 0.2) is 36.5 Å². The second kappa shape index (κ2) is 4.81. The first kappa shape index (κ1) is 12.8. The highest BCUT2D eigenvalue weighted by Crippen LogP contribution is 2.37. The van der Waals surface area contributed by atoms with Crippen LogP contribution in [0.5, 0.6) is 0 Å². The summed E-state index contributed by atoms with van der Waals surface area (Å²) < 4.78 is 0. The molecule has 1 saturated heterocycles. The molecule has 4 rings (SSSR count). The summed E-state index contributed by atoms with van der Waals surface area (Å²) in [5, 5.41) is 1.01. The Bertz CT molecular complexity index is 694. The van der Waals surface area contributed by atoms with Gasteiger partial charge in [0, 0.05) is 30.7 Å². The molecular formula is C17H19N3O. The van der Waals surface area contributed by atoms with E-state index in [0.717, 1.165) is 36.8 Å². The Kier molecular flexibility index (Phi) is 2.93. The van der Waals surface area contributed by atoms with Gasteiger partial charge in [-0.3, -0.25) is 9.78 Å². The quantitative estimate of drug-likeness (QED) is 0.870. The third-order valence-electron chi connectivity index (χ3n) is 5.06. The number of benzene rings is 1. The van der Waals surface area contributed by atoms with Gasteiger partial charge < -0.3 is 10.6 Å². The van der Waals surface area contributed by atoms with Gasteiger partial charge in [-0.15, -0.1) is 0 Å². The van der Waals surface area contributed by atoms with Gasteiger partial charge in [0.15, 0.2) is 0 Å². The van der Waals surface area contributed by atoms with Crippen LogP contribution in [0.4, 0.5) is 0 Å². The smallest absolute Gasteiger partial charge is 0.256 e. The number of carbonyl (C=O) groups is 1. The number of hydrogen-bond acceptors (Lipinski definition) is 3. The summed E-state index contributed by atoms with van der Waals surface area (Å²) in [4.78, 5) is 19.2.